The first-order valence-corrected chi connectivity index (χ1v) is 6.02. The number of amides is 1. The molecule has 0 aromatic heterocycles. The zero-order chi connectivity index (χ0) is 14.8. The van der Waals surface area contributed by atoms with Gasteiger partial charge in [-0.05, 0) is 20.8 Å². The largest absolute Gasteiger partial charge is 0.481 e. The molecule has 0 aliphatic carbocycles. The minimum Gasteiger partial charge on any atom is -0.481 e. The highest BCUT2D eigenvalue weighted by Gasteiger charge is 2.41. The van der Waals surface area contributed by atoms with Crippen LogP contribution < -0.4 is 0 Å². The lowest BCUT2D eigenvalue weighted by Crippen LogP contribution is -2.55. The molecular weight excluding hydrogens is 254 g/mol. The molecule has 2 N–H and O–H groups in total. The summed E-state index contributed by atoms with van der Waals surface area (Å²) in [5.74, 6) is -3.59. The van der Waals surface area contributed by atoms with Crippen LogP contribution in [0.3, 0.4) is 0 Å². The molecule has 0 saturated carbocycles. The van der Waals surface area contributed by atoms with E-state index in [1.54, 1.807) is 20.8 Å². The van der Waals surface area contributed by atoms with Gasteiger partial charge < -0.3 is 19.8 Å². The van der Waals surface area contributed by atoms with E-state index in [9.17, 15) is 14.4 Å². The molecule has 1 aliphatic rings. The molecular formula is C12H19NO6. The van der Waals surface area contributed by atoms with Gasteiger partial charge in [0.1, 0.15) is 5.60 Å². The van der Waals surface area contributed by atoms with E-state index < -0.39 is 36.0 Å². The summed E-state index contributed by atoms with van der Waals surface area (Å²) in [5, 5.41) is 17.6. The maximum Gasteiger partial charge on any atom is 0.410 e. The quantitative estimate of drug-likeness (QED) is 0.792. The van der Waals surface area contributed by atoms with E-state index in [2.05, 4.69) is 0 Å². The Kier molecular flexibility index (Phi) is 4.39. The number of nitrogens with zero attached hydrogens (tertiary/aromatic N) is 1. The number of ether oxygens (including phenoxy) is 1. The third-order valence-corrected chi connectivity index (χ3v) is 2.84. The fraction of sp³-hybridized carbons (Fsp3) is 0.750. The van der Waals surface area contributed by atoms with Gasteiger partial charge >= 0.3 is 18.0 Å². The normalized spacial score (nSPS) is 17.5. The van der Waals surface area contributed by atoms with Crippen molar-refractivity contribution in [2.24, 2.45) is 11.8 Å². The number of carboxylic acids is 2. The van der Waals surface area contributed by atoms with Crippen LogP contribution in [0, 0.1) is 11.8 Å². The van der Waals surface area contributed by atoms with Gasteiger partial charge in [-0.1, -0.05) is 0 Å². The molecule has 1 heterocycles. The van der Waals surface area contributed by atoms with Crippen LogP contribution in [-0.2, 0) is 14.3 Å². The van der Waals surface area contributed by atoms with Crippen molar-refractivity contribution in [3.05, 3.63) is 0 Å². The van der Waals surface area contributed by atoms with E-state index >= 15 is 0 Å². The molecule has 0 aromatic carbocycles. The molecule has 1 unspecified atom stereocenters. The molecule has 1 aliphatic heterocycles. The van der Waals surface area contributed by atoms with Crippen LogP contribution in [-0.4, -0.2) is 51.8 Å². The van der Waals surface area contributed by atoms with E-state index in [1.807, 2.05) is 0 Å². The molecule has 7 nitrogen and oxygen atoms in total. The summed E-state index contributed by atoms with van der Waals surface area (Å²) in [5.41, 5.74) is -0.602. The Bertz CT molecular complexity index is 380. The monoisotopic (exact) mass is 273 g/mol. The van der Waals surface area contributed by atoms with Crippen LogP contribution in [0.15, 0.2) is 0 Å². The van der Waals surface area contributed by atoms with E-state index in [1.165, 1.54) is 4.90 Å². The molecule has 1 rings (SSSR count). The zero-order valence-corrected chi connectivity index (χ0v) is 11.3. The van der Waals surface area contributed by atoms with Gasteiger partial charge in [0.25, 0.3) is 0 Å². The second-order valence-corrected chi connectivity index (χ2v) is 5.69. The summed E-state index contributed by atoms with van der Waals surface area (Å²) in [4.78, 5) is 34.6. The third kappa shape index (κ3) is 4.42. The number of rotatable bonds is 4. The van der Waals surface area contributed by atoms with Gasteiger partial charge in [0.2, 0.25) is 0 Å². The van der Waals surface area contributed by atoms with Gasteiger partial charge in [-0.3, -0.25) is 9.59 Å². The van der Waals surface area contributed by atoms with Crippen molar-refractivity contribution >= 4 is 18.0 Å². The molecule has 1 fully saturated rings. The first kappa shape index (κ1) is 15.3. The van der Waals surface area contributed by atoms with Crippen molar-refractivity contribution in [1.29, 1.82) is 0 Å². The van der Waals surface area contributed by atoms with E-state index in [0.29, 0.717) is 0 Å². The lowest BCUT2D eigenvalue weighted by molar-refractivity contribution is -0.152. The Morgan fingerprint density at radius 2 is 1.79 bits per heavy atom. The topological polar surface area (TPSA) is 104 Å². The second kappa shape index (κ2) is 5.46. The predicted octanol–water partition coefficient (Wildman–Crippen LogP) is 1.03. The molecule has 0 aromatic rings. The van der Waals surface area contributed by atoms with Gasteiger partial charge in [0, 0.05) is 19.0 Å². The average Bonchev–Trinajstić information content (AvgIpc) is 2.09. The van der Waals surface area contributed by atoms with E-state index in [0.717, 1.165) is 0 Å². The van der Waals surface area contributed by atoms with E-state index in [-0.39, 0.29) is 19.0 Å². The second-order valence-electron chi connectivity index (χ2n) is 5.69. The highest BCUT2D eigenvalue weighted by atomic mass is 16.6. The maximum atomic E-state index is 11.6. The van der Waals surface area contributed by atoms with Gasteiger partial charge in [-0.15, -0.1) is 0 Å². The summed E-state index contributed by atoms with van der Waals surface area (Å²) in [6.45, 7) is 5.67. The van der Waals surface area contributed by atoms with Crippen molar-refractivity contribution in [2.75, 3.05) is 13.1 Å². The summed E-state index contributed by atoms with van der Waals surface area (Å²) in [6, 6.07) is 0. The predicted molar refractivity (Wildman–Crippen MR) is 64.7 cm³/mol. The van der Waals surface area contributed by atoms with Gasteiger partial charge in [-0.2, -0.15) is 0 Å². The smallest absolute Gasteiger partial charge is 0.410 e. The van der Waals surface area contributed by atoms with Crippen LogP contribution >= 0.6 is 0 Å². The Balaban J connectivity index is 2.49. The van der Waals surface area contributed by atoms with Crippen molar-refractivity contribution in [2.45, 2.75) is 32.8 Å². The van der Waals surface area contributed by atoms with Crippen LogP contribution in [0.4, 0.5) is 4.79 Å². The van der Waals surface area contributed by atoms with Crippen molar-refractivity contribution in [1.82, 2.24) is 4.90 Å². The standard InChI is InChI=1S/C12H19NO6/c1-12(2,3)19-11(18)13-5-7(6-13)8(10(16)17)4-9(14)15/h7-8H,4-6H2,1-3H3,(H,14,15)(H,16,17). The summed E-state index contributed by atoms with van der Waals surface area (Å²) < 4.78 is 5.13. The molecule has 1 atom stereocenters. The third-order valence-electron chi connectivity index (χ3n) is 2.84. The molecule has 19 heavy (non-hydrogen) atoms. The van der Waals surface area contributed by atoms with Crippen molar-refractivity contribution in [3.8, 4) is 0 Å². The Morgan fingerprint density at radius 3 is 2.16 bits per heavy atom. The molecule has 0 spiro atoms. The molecule has 0 bridgehead atoms. The first-order chi connectivity index (χ1) is 8.60. The van der Waals surface area contributed by atoms with Crippen molar-refractivity contribution in [3.63, 3.8) is 0 Å². The van der Waals surface area contributed by atoms with Crippen molar-refractivity contribution < 1.29 is 29.3 Å². The number of aliphatic carboxylic acids is 2. The molecule has 7 heteroatoms. The summed E-state index contributed by atoms with van der Waals surface area (Å²) in [7, 11) is 0. The lowest BCUT2D eigenvalue weighted by Gasteiger charge is -2.41. The van der Waals surface area contributed by atoms with Crippen LogP contribution in [0.1, 0.15) is 27.2 Å². The molecule has 0 radical (unpaired) electrons. The fourth-order valence-electron chi connectivity index (χ4n) is 1.89. The van der Waals surface area contributed by atoms with Crippen LogP contribution in [0.5, 0.6) is 0 Å². The average molecular weight is 273 g/mol. The highest BCUT2D eigenvalue weighted by Crippen LogP contribution is 2.28. The molecule has 108 valence electrons. The van der Waals surface area contributed by atoms with Gasteiger partial charge in [-0.25, -0.2) is 4.79 Å². The van der Waals surface area contributed by atoms with Gasteiger partial charge in [0.15, 0.2) is 0 Å². The van der Waals surface area contributed by atoms with E-state index in [4.69, 9.17) is 14.9 Å². The Labute approximate surface area is 111 Å². The Morgan fingerprint density at radius 1 is 1.26 bits per heavy atom. The summed E-state index contributed by atoms with van der Waals surface area (Å²) in [6.07, 6.45) is -0.925. The number of carbonyl (C=O) groups is 3. The minimum atomic E-state index is -1.15. The SMILES string of the molecule is CC(C)(C)OC(=O)N1CC(C(CC(=O)O)C(=O)O)C1. The molecule has 1 amide bonds. The number of carboxylic acid groups (broad SMARTS) is 2. The lowest BCUT2D eigenvalue weighted by atomic mass is 9.84. The number of carbonyl (C=O) groups excluding carboxylic acids is 1. The zero-order valence-electron chi connectivity index (χ0n) is 11.3. The Hall–Kier alpha value is -1.79. The number of hydrogen-bond acceptors (Lipinski definition) is 4. The molecule has 1 saturated heterocycles. The first-order valence-electron chi connectivity index (χ1n) is 6.02. The fourth-order valence-corrected chi connectivity index (χ4v) is 1.89. The van der Waals surface area contributed by atoms with Gasteiger partial charge in [0.05, 0.1) is 12.3 Å². The number of likely N-dealkylation sites (tertiary alicyclic amines) is 1. The van der Waals surface area contributed by atoms with Crippen LogP contribution in [0.25, 0.3) is 0 Å². The highest BCUT2D eigenvalue weighted by molar-refractivity contribution is 5.78. The maximum absolute atomic E-state index is 11.6. The van der Waals surface area contributed by atoms with Crippen LogP contribution in [0.2, 0.25) is 0 Å². The number of hydrogen-bond donors (Lipinski definition) is 2. The minimum absolute atomic E-state index is 0.221. The summed E-state index contributed by atoms with van der Waals surface area (Å²) >= 11 is 0.